The Morgan fingerprint density at radius 2 is 1.83 bits per heavy atom. The largest absolute Gasteiger partial charge is 0.355 e. The van der Waals surface area contributed by atoms with Crippen LogP contribution in [0.5, 0.6) is 0 Å². The summed E-state index contributed by atoms with van der Waals surface area (Å²) < 4.78 is 18.0. The summed E-state index contributed by atoms with van der Waals surface area (Å²) in [6, 6.07) is 14.5. The summed E-state index contributed by atoms with van der Waals surface area (Å²) in [7, 11) is 0. The molecule has 116 valence electrons. The lowest BCUT2D eigenvalue weighted by molar-refractivity contribution is 0.0942. The second-order valence-electron chi connectivity index (χ2n) is 4.89. The van der Waals surface area contributed by atoms with Gasteiger partial charge in [0.25, 0.3) is 5.91 Å². The predicted molar refractivity (Wildman–Crippen MR) is 84.5 cm³/mol. The highest BCUT2D eigenvalue weighted by atomic mass is 35.5. The predicted octanol–water partition coefficient (Wildman–Crippen LogP) is 4.06. The van der Waals surface area contributed by atoms with Gasteiger partial charge in [0.2, 0.25) is 0 Å². The van der Waals surface area contributed by atoms with Gasteiger partial charge in [-0.05, 0) is 42.0 Å². The fourth-order valence-corrected chi connectivity index (χ4v) is 2.13. The summed E-state index contributed by atoms with van der Waals surface area (Å²) in [5, 5.41) is 7.08. The minimum Gasteiger partial charge on any atom is -0.355 e. The average Bonchev–Trinajstić information content (AvgIpc) is 3.05. The van der Waals surface area contributed by atoms with E-state index in [4.69, 9.17) is 16.1 Å². The molecule has 0 spiro atoms. The van der Waals surface area contributed by atoms with Crippen molar-refractivity contribution in [2.45, 2.75) is 6.54 Å². The molecule has 1 aromatic heterocycles. The number of carbonyl (C=O) groups is 1. The van der Waals surface area contributed by atoms with Crippen molar-refractivity contribution < 1.29 is 13.7 Å². The lowest BCUT2D eigenvalue weighted by atomic mass is 10.1. The molecule has 6 heteroatoms. The Morgan fingerprint density at radius 1 is 1.13 bits per heavy atom. The lowest BCUT2D eigenvalue weighted by Crippen LogP contribution is -2.23. The van der Waals surface area contributed by atoms with E-state index in [2.05, 4.69) is 10.5 Å². The van der Waals surface area contributed by atoms with Gasteiger partial charge in [-0.3, -0.25) is 4.79 Å². The third-order valence-electron chi connectivity index (χ3n) is 3.24. The summed E-state index contributed by atoms with van der Waals surface area (Å²) in [5.41, 5.74) is 1.75. The molecule has 0 fully saturated rings. The summed E-state index contributed by atoms with van der Waals surface area (Å²) in [5.74, 6) is -0.198. The SMILES string of the molecule is O=C(NCc1ccc(F)cc1)c1cc(-c2ccc(Cl)cc2)on1. The van der Waals surface area contributed by atoms with Gasteiger partial charge in [-0.15, -0.1) is 0 Å². The maximum Gasteiger partial charge on any atom is 0.273 e. The minimum absolute atomic E-state index is 0.178. The van der Waals surface area contributed by atoms with Gasteiger partial charge in [0.15, 0.2) is 11.5 Å². The van der Waals surface area contributed by atoms with E-state index in [1.807, 2.05) is 0 Å². The number of benzene rings is 2. The molecule has 3 aromatic rings. The van der Waals surface area contributed by atoms with E-state index in [1.165, 1.54) is 12.1 Å². The average molecular weight is 331 g/mol. The summed E-state index contributed by atoms with van der Waals surface area (Å²) >= 11 is 5.83. The molecule has 0 aliphatic heterocycles. The Kier molecular flexibility index (Phi) is 4.39. The molecule has 23 heavy (non-hydrogen) atoms. The first-order valence-electron chi connectivity index (χ1n) is 6.87. The van der Waals surface area contributed by atoms with Gasteiger partial charge in [0.1, 0.15) is 5.82 Å². The Balaban J connectivity index is 1.66. The number of nitrogens with zero attached hydrogens (tertiary/aromatic N) is 1. The van der Waals surface area contributed by atoms with Crippen LogP contribution >= 0.6 is 11.6 Å². The van der Waals surface area contributed by atoms with Crippen molar-refractivity contribution in [1.82, 2.24) is 10.5 Å². The highest BCUT2D eigenvalue weighted by Gasteiger charge is 2.13. The second-order valence-corrected chi connectivity index (χ2v) is 5.33. The molecule has 0 radical (unpaired) electrons. The molecular formula is C17H12ClFN2O2. The highest BCUT2D eigenvalue weighted by Crippen LogP contribution is 2.22. The van der Waals surface area contributed by atoms with Crippen molar-refractivity contribution >= 4 is 17.5 Å². The second kappa shape index (κ2) is 6.62. The molecule has 3 rings (SSSR count). The van der Waals surface area contributed by atoms with Crippen molar-refractivity contribution in [3.05, 3.63) is 76.7 Å². The quantitative estimate of drug-likeness (QED) is 0.784. The first-order chi connectivity index (χ1) is 11.1. The number of carbonyl (C=O) groups excluding carboxylic acids is 1. The van der Waals surface area contributed by atoms with Gasteiger partial charge in [0.05, 0.1) is 0 Å². The summed E-state index contributed by atoms with van der Waals surface area (Å²) in [6.07, 6.45) is 0. The molecular weight excluding hydrogens is 319 g/mol. The van der Waals surface area contributed by atoms with Gasteiger partial charge in [-0.1, -0.05) is 28.9 Å². The van der Waals surface area contributed by atoms with Crippen LogP contribution in [0.2, 0.25) is 5.02 Å². The number of hydrogen-bond donors (Lipinski definition) is 1. The van der Waals surface area contributed by atoms with Crippen molar-refractivity contribution in [1.29, 1.82) is 0 Å². The molecule has 0 saturated heterocycles. The Morgan fingerprint density at radius 3 is 2.52 bits per heavy atom. The Hall–Kier alpha value is -2.66. The van der Waals surface area contributed by atoms with E-state index in [0.717, 1.165) is 11.1 Å². The van der Waals surface area contributed by atoms with Crippen LogP contribution in [0.3, 0.4) is 0 Å². The third-order valence-corrected chi connectivity index (χ3v) is 3.49. The van der Waals surface area contributed by atoms with Crippen LogP contribution in [0.25, 0.3) is 11.3 Å². The van der Waals surface area contributed by atoms with E-state index in [0.29, 0.717) is 10.8 Å². The van der Waals surface area contributed by atoms with Crippen molar-refractivity contribution in [2.75, 3.05) is 0 Å². The van der Waals surface area contributed by atoms with Crippen LogP contribution in [0.4, 0.5) is 4.39 Å². The molecule has 0 atom stereocenters. The van der Waals surface area contributed by atoms with Crippen LogP contribution in [-0.4, -0.2) is 11.1 Å². The van der Waals surface area contributed by atoms with Crippen LogP contribution in [0.15, 0.2) is 59.1 Å². The fraction of sp³-hybridized carbons (Fsp3) is 0.0588. The van der Waals surface area contributed by atoms with Crippen LogP contribution in [0, 0.1) is 5.82 Å². The van der Waals surface area contributed by atoms with Crippen molar-refractivity contribution in [3.8, 4) is 11.3 Å². The molecule has 0 aliphatic rings. The van der Waals surface area contributed by atoms with Gasteiger partial charge in [-0.2, -0.15) is 0 Å². The normalized spacial score (nSPS) is 10.5. The third kappa shape index (κ3) is 3.76. The number of halogens is 2. The number of hydrogen-bond acceptors (Lipinski definition) is 3. The maximum atomic E-state index is 12.8. The summed E-state index contributed by atoms with van der Waals surface area (Å²) in [4.78, 5) is 12.1. The molecule has 0 unspecified atom stereocenters. The molecule has 0 aliphatic carbocycles. The van der Waals surface area contributed by atoms with Crippen LogP contribution in [-0.2, 0) is 6.54 Å². The molecule has 1 heterocycles. The molecule has 1 amide bonds. The Bertz CT molecular complexity index is 813. The monoisotopic (exact) mass is 330 g/mol. The Labute approximate surface area is 136 Å². The van der Waals surface area contributed by atoms with E-state index < -0.39 is 0 Å². The smallest absolute Gasteiger partial charge is 0.273 e. The van der Waals surface area contributed by atoms with Gasteiger partial charge in [-0.25, -0.2) is 4.39 Å². The molecule has 2 aromatic carbocycles. The number of amides is 1. The summed E-state index contributed by atoms with van der Waals surface area (Å²) in [6.45, 7) is 0.280. The topological polar surface area (TPSA) is 55.1 Å². The molecule has 4 nitrogen and oxygen atoms in total. The van der Waals surface area contributed by atoms with E-state index in [9.17, 15) is 9.18 Å². The number of aromatic nitrogens is 1. The fourth-order valence-electron chi connectivity index (χ4n) is 2.01. The standard InChI is InChI=1S/C17H12ClFN2O2/c18-13-5-3-12(4-6-13)16-9-15(21-23-16)17(22)20-10-11-1-7-14(19)8-2-11/h1-9H,10H2,(H,20,22). The van der Waals surface area contributed by atoms with Crippen molar-refractivity contribution in [2.24, 2.45) is 0 Å². The van der Waals surface area contributed by atoms with Crippen LogP contribution < -0.4 is 5.32 Å². The highest BCUT2D eigenvalue weighted by molar-refractivity contribution is 6.30. The maximum absolute atomic E-state index is 12.8. The van der Waals surface area contributed by atoms with Gasteiger partial charge in [0, 0.05) is 23.2 Å². The zero-order chi connectivity index (χ0) is 16.2. The van der Waals surface area contributed by atoms with Gasteiger partial charge >= 0.3 is 0 Å². The zero-order valence-electron chi connectivity index (χ0n) is 11.9. The minimum atomic E-state index is -0.363. The van der Waals surface area contributed by atoms with Gasteiger partial charge < -0.3 is 9.84 Å². The molecule has 1 N–H and O–H groups in total. The lowest BCUT2D eigenvalue weighted by Gasteiger charge is -2.02. The molecule has 0 bridgehead atoms. The van der Waals surface area contributed by atoms with Crippen molar-refractivity contribution in [3.63, 3.8) is 0 Å². The number of rotatable bonds is 4. The van der Waals surface area contributed by atoms with E-state index >= 15 is 0 Å². The first kappa shape index (κ1) is 15.2. The van der Waals surface area contributed by atoms with E-state index in [1.54, 1.807) is 42.5 Å². The molecule has 0 saturated carbocycles. The zero-order valence-corrected chi connectivity index (χ0v) is 12.7. The van der Waals surface area contributed by atoms with E-state index in [-0.39, 0.29) is 24.0 Å². The number of nitrogens with one attached hydrogen (secondary N) is 1. The first-order valence-corrected chi connectivity index (χ1v) is 7.25. The van der Waals surface area contributed by atoms with Crippen LogP contribution in [0.1, 0.15) is 16.1 Å².